The van der Waals surface area contributed by atoms with Crippen LogP contribution in [0.25, 0.3) is 0 Å². The lowest BCUT2D eigenvalue weighted by molar-refractivity contribution is -0.385. The van der Waals surface area contributed by atoms with Crippen LogP contribution in [0.15, 0.2) is 46.9 Å². The van der Waals surface area contributed by atoms with Gasteiger partial charge in [-0.15, -0.1) is 0 Å². The number of hydrogen-bond acceptors (Lipinski definition) is 4. The number of nitrogens with zero attached hydrogens (tertiary/aromatic N) is 1. The number of nitro groups is 1. The molecule has 2 aromatic rings. The van der Waals surface area contributed by atoms with E-state index in [1.54, 1.807) is 24.3 Å². The number of carbonyl (C=O) groups excluding carboxylic acids is 1. The molecule has 0 radical (unpaired) electrons. The summed E-state index contributed by atoms with van der Waals surface area (Å²) in [7, 11) is 0. The molecule has 0 bridgehead atoms. The van der Waals surface area contributed by atoms with Crippen LogP contribution < -0.4 is 0 Å². The summed E-state index contributed by atoms with van der Waals surface area (Å²) in [5.41, 5.74) is 0.0953. The number of phenolic OH excluding ortho intramolecular Hbond substituents is 1. The fraction of sp³-hybridized carbons (Fsp3) is 0. The smallest absolute Gasteiger partial charge is 0.311 e. The normalized spacial score (nSPS) is 10.2. The van der Waals surface area contributed by atoms with Gasteiger partial charge in [0.05, 0.1) is 4.92 Å². The van der Waals surface area contributed by atoms with Crippen LogP contribution in [0.5, 0.6) is 5.75 Å². The molecule has 2 rings (SSSR count). The minimum atomic E-state index is -0.728. The first kappa shape index (κ1) is 13.2. The molecule has 0 aliphatic heterocycles. The van der Waals surface area contributed by atoms with E-state index in [0.29, 0.717) is 5.56 Å². The van der Waals surface area contributed by atoms with Crippen molar-refractivity contribution in [1.29, 1.82) is 0 Å². The van der Waals surface area contributed by atoms with Gasteiger partial charge in [0.25, 0.3) is 0 Å². The first-order valence-electron chi connectivity index (χ1n) is 5.26. The Labute approximate surface area is 116 Å². The van der Waals surface area contributed by atoms with Gasteiger partial charge < -0.3 is 5.11 Å². The molecule has 6 heteroatoms. The predicted molar refractivity (Wildman–Crippen MR) is 72.3 cm³/mol. The number of carbonyl (C=O) groups is 1. The van der Waals surface area contributed by atoms with Gasteiger partial charge in [0, 0.05) is 21.7 Å². The molecule has 0 saturated heterocycles. The van der Waals surface area contributed by atoms with Crippen LogP contribution >= 0.6 is 15.9 Å². The van der Waals surface area contributed by atoms with Crippen LogP contribution in [-0.2, 0) is 0 Å². The molecule has 0 fully saturated rings. The molecule has 0 aromatic heterocycles. The number of halogens is 1. The van der Waals surface area contributed by atoms with Gasteiger partial charge in [-0.05, 0) is 36.4 Å². The van der Waals surface area contributed by atoms with Crippen molar-refractivity contribution in [3.05, 3.63) is 68.2 Å². The second-order valence-corrected chi connectivity index (χ2v) is 4.71. The Hall–Kier alpha value is -2.21. The van der Waals surface area contributed by atoms with E-state index in [4.69, 9.17) is 0 Å². The molecule has 1 N–H and O–H groups in total. The zero-order chi connectivity index (χ0) is 14.0. The highest BCUT2D eigenvalue weighted by Gasteiger charge is 2.17. The van der Waals surface area contributed by atoms with Gasteiger partial charge >= 0.3 is 5.69 Å². The maximum absolute atomic E-state index is 12.1. The van der Waals surface area contributed by atoms with Crippen LogP contribution in [0.2, 0.25) is 0 Å². The molecular weight excluding hydrogens is 314 g/mol. The van der Waals surface area contributed by atoms with E-state index < -0.39 is 16.4 Å². The van der Waals surface area contributed by atoms with E-state index in [2.05, 4.69) is 15.9 Å². The van der Waals surface area contributed by atoms with Crippen molar-refractivity contribution in [3.63, 3.8) is 0 Å². The van der Waals surface area contributed by atoms with Gasteiger partial charge in [0.2, 0.25) is 0 Å². The summed E-state index contributed by atoms with van der Waals surface area (Å²) >= 11 is 3.26. The summed E-state index contributed by atoms with van der Waals surface area (Å²) in [5, 5.41) is 20.0. The molecule has 0 heterocycles. The molecule has 96 valence electrons. The summed E-state index contributed by atoms with van der Waals surface area (Å²) in [6.45, 7) is 0. The van der Waals surface area contributed by atoms with Crippen LogP contribution in [0.3, 0.4) is 0 Å². The van der Waals surface area contributed by atoms with E-state index in [9.17, 15) is 20.0 Å². The number of hydrogen-bond donors (Lipinski definition) is 1. The Balaban J connectivity index is 2.42. The summed E-state index contributed by atoms with van der Waals surface area (Å²) in [6.07, 6.45) is 0. The third kappa shape index (κ3) is 2.79. The van der Waals surface area contributed by atoms with E-state index >= 15 is 0 Å². The zero-order valence-corrected chi connectivity index (χ0v) is 11.1. The number of nitro benzene ring substituents is 1. The quantitative estimate of drug-likeness (QED) is 0.534. The topological polar surface area (TPSA) is 80.4 Å². The van der Waals surface area contributed by atoms with E-state index in [1.165, 1.54) is 6.07 Å². The SMILES string of the molecule is O=C(c1ccc(Br)cc1)c1ccc(O)c([N+](=O)[O-])c1. The first-order chi connectivity index (χ1) is 8.99. The molecule has 0 unspecified atom stereocenters. The third-order valence-corrected chi connectivity index (χ3v) is 3.07. The number of aromatic hydroxyl groups is 1. The standard InChI is InChI=1S/C13H8BrNO4/c14-10-4-1-8(2-5-10)13(17)9-3-6-12(16)11(7-9)15(18)19/h1-7,16H. The average molecular weight is 322 g/mol. The Bertz CT molecular complexity index is 652. The van der Waals surface area contributed by atoms with E-state index in [0.717, 1.165) is 16.6 Å². The van der Waals surface area contributed by atoms with Gasteiger partial charge in [0.1, 0.15) is 0 Å². The van der Waals surface area contributed by atoms with E-state index in [-0.39, 0.29) is 11.3 Å². The van der Waals surface area contributed by atoms with Crippen LogP contribution in [0, 0.1) is 10.1 Å². The highest BCUT2D eigenvalue weighted by Crippen LogP contribution is 2.27. The van der Waals surface area contributed by atoms with Crippen molar-refractivity contribution in [2.24, 2.45) is 0 Å². The maximum atomic E-state index is 12.1. The summed E-state index contributed by atoms with van der Waals surface area (Å²) in [4.78, 5) is 22.1. The van der Waals surface area contributed by atoms with Crippen molar-refractivity contribution in [1.82, 2.24) is 0 Å². The van der Waals surface area contributed by atoms with Crippen LogP contribution in [0.4, 0.5) is 5.69 Å². The Kier molecular flexibility index (Phi) is 3.62. The fourth-order valence-corrected chi connectivity index (χ4v) is 1.84. The number of phenols is 1. The van der Waals surface area contributed by atoms with Crippen molar-refractivity contribution < 1.29 is 14.8 Å². The lowest BCUT2D eigenvalue weighted by atomic mass is 10.0. The molecule has 0 amide bonds. The summed E-state index contributed by atoms with van der Waals surface area (Å²) in [6, 6.07) is 10.2. The van der Waals surface area contributed by atoms with Gasteiger partial charge in [-0.2, -0.15) is 0 Å². The fourth-order valence-electron chi connectivity index (χ4n) is 1.58. The van der Waals surface area contributed by atoms with Crippen molar-refractivity contribution in [2.75, 3.05) is 0 Å². The molecule has 0 aliphatic carbocycles. The largest absolute Gasteiger partial charge is 0.502 e. The molecule has 0 atom stereocenters. The van der Waals surface area contributed by atoms with Gasteiger partial charge in [0.15, 0.2) is 11.5 Å². The van der Waals surface area contributed by atoms with E-state index in [1.807, 2.05) is 0 Å². The second-order valence-electron chi connectivity index (χ2n) is 3.80. The highest BCUT2D eigenvalue weighted by atomic mass is 79.9. The molecule has 2 aromatic carbocycles. The molecule has 19 heavy (non-hydrogen) atoms. The molecule has 5 nitrogen and oxygen atoms in total. The maximum Gasteiger partial charge on any atom is 0.311 e. The Morgan fingerprint density at radius 3 is 2.26 bits per heavy atom. The van der Waals surface area contributed by atoms with Crippen molar-refractivity contribution in [3.8, 4) is 5.75 Å². The lowest BCUT2D eigenvalue weighted by Gasteiger charge is -2.02. The van der Waals surface area contributed by atoms with Gasteiger partial charge in [-0.1, -0.05) is 15.9 Å². The monoisotopic (exact) mass is 321 g/mol. The Morgan fingerprint density at radius 2 is 1.68 bits per heavy atom. The molecule has 0 saturated carbocycles. The third-order valence-electron chi connectivity index (χ3n) is 2.54. The molecular formula is C13H8BrNO4. The lowest BCUT2D eigenvalue weighted by Crippen LogP contribution is -2.02. The molecule has 0 aliphatic rings. The summed E-state index contributed by atoms with van der Waals surface area (Å²) in [5.74, 6) is -0.798. The zero-order valence-electron chi connectivity index (χ0n) is 9.54. The number of ketones is 1. The average Bonchev–Trinajstić information content (AvgIpc) is 2.39. The van der Waals surface area contributed by atoms with Gasteiger partial charge in [-0.25, -0.2) is 0 Å². The van der Waals surface area contributed by atoms with Crippen molar-refractivity contribution >= 4 is 27.4 Å². The summed E-state index contributed by atoms with van der Waals surface area (Å²) < 4.78 is 0.834. The van der Waals surface area contributed by atoms with Crippen molar-refractivity contribution in [2.45, 2.75) is 0 Å². The minimum Gasteiger partial charge on any atom is -0.502 e. The van der Waals surface area contributed by atoms with Crippen LogP contribution in [0.1, 0.15) is 15.9 Å². The molecule has 0 spiro atoms. The number of rotatable bonds is 3. The first-order valence-corrected chi connectivity index (χ1v) is 6.06. The van der Waals surface area contributed by atoms with Crippen LogP contribution in [-0.4, -0.2) is 15.8 Å². The predicted octanol–water partition coefficient (Wildman–Crippen LogP) is 3.29. The number of benzene rings is 2. The van der Waals surface area contributed by atoms with Gasteiger partial charge in [-0.3, -0.25) is 14.9 Å². The minimum absolute atomic E-state index is 0.159. The highest BCUT2D eigenvalue weighted by molar-refractivity contribution is 9.10. The Morgan fingerprint density at radius 1 is 1.11 bits per heavy atom. The second kappa shape index (κ2) is 5.19.